The molecule has 1 amide bonds. The second-order valence-corrected chi connectivity index (χ2v) is 4.29. The van der Waals surface area contributed by atoms with Crippen molar-refractivity contribution in [1.29, 1.82) is 0 Å². The van der Waals surface area contributed by atoms with Gasteiger partial charge in [0.1, 0.15) is 0 Å². The lowest BCUT2D eigenvalue weighted by Gasteiger charge is -2.26. The minimum atomic E-state index is -4.89. The highest BCUT2D eigenvalue weighted by Crippen LogP contribution is 2.32. The van der Waals surface area contributed by atoms with E-state index in [-0.39, 0.29) is 4.88 Å². The number of aliphatic hydroxyl groups is 1. The molecular formula is C9H7F3N2O2S. The Hall–Kier alpha value is -1.38. The van der Waals surface area contributed by atoms with Crippen LogP contribution < -0.4 is 5.43 Å². The van der Waals surface area contributed by atoms with Crippen LogP contribution >= 0.6 is 11.3 Å². The molecule has 8 heteroatoms. The van der Waals surface area contributed by atoms with Crippen molar-refractivity contribution in [2.75, 3.05) is 0 Å². The molecule has 4 nitrogen and oxygen atoms in total. The summed E-state index contributed by atoms with van der Waals surface area (Å²) in [6.45, 7) is 0. The first kappa shape index (κ1) is 12.1. The molecule has 0 fully saturated rings. The molecule has 1 aromatic rings. The van der Waals surface area contributed by atoms with Crippen LogP contribution in [0.15, 0.2) is 29.8 Å². The molecule has 17 heavy (non-hydrogen) atoms. The number of amides is 1. The van der Waals surface area contributed by atoms with Crippen LogP contribution in [0, 0.1) is 0 Å². The van der Waals surface area contributed by atoms with Crippen molar-refractivity contribution >= 4 is 17.2 Å². The third kappa shape index (κ3) is 2.06. The van der Waals surface area contributed by atoms with Gasteiger partial charge in [0.2, 0.25) is 0 Å². The molecular weight excluding hydrogens is 257 g/mol. The average molecular weight is 264 g/mol. The van der Waals surface area contributed by atoms with E-state index in [1.165, 1.54) is 6.07 Å². The molecule has 1 aliphatic heterocycles. The molecule has 0 aromatic carbocycles. The third-order valence-electron chi connectivity index (χ3n) is 2.14. The van der Waals surface area contributed by atoms with E-state index in [0.29, 0.717) is 11.1 Å². The van der Waals surface area contributed by atoms with Crippen molar-refractivity contribution in [3.05, 3.63) is 34.7 Å². The minimum Gasteiger partial charge on any atom is -0.363 e. The lowest BCUT2D eigenvalue weighted by Crippen LogP contribution is -2.57. The number of nitrogens with zero attached hydrogens (tertiary/aromatic N) is 1. The summed E-state index contributed by atoms with van der Waals surface area (Å²) in [7, 11) is 0. The molecule has 2 rings (SSSR count). The Bertz CT molecular complexity index is 457. The highest BCUT2D eigenvalue weighted by Gasteiger charge is 2.56. The van der Waals surface area contributed by atoms with Crippen LogP contribution in [0.2, 0.25) is 0 Å². The Morgan fingerprint density at radius 3 is 2.71 bits per heavy atom. The summed E-state index contributed by atoms with van der Waals surface area (Å²) in [6, 6.07) is 3.08. The minimum absolute atomic E-state index is 0.272. The van der Waals surface area contributed by atoms with Crippen LogP contribution in [-0.4, -0.2) is 27.9 Å². The number of thiophene rings is 1. The topological polar surface area (TPSA) is 52.6 Å². The average Bonchev–Trinajstić information content (AvgIpc) is 2.84. The molecule has 1 unspecified atom stereocenters. The van der Waals surface area contributed by atoms with Gasteiger partial charge in [-0.15, -0.1) is 11.3 Å². The fraction of sp³-hybridized carbons (Fsp3) is 0.222. The number of hydrazine groups is 1. The number of hydrogen-bond donors (Lipinski definition) is 2. The third-order valence-corrected chi connectivity index (χ3v) is 3.00. The zero-order valence-corrected chi connectivity index (χ0v) is 9.05. The van der Waals surface area contributed by atoms with Crippen molar-refractivity contribution in [2.45, 2.75) is 11.9 Å². The summed E-state index contributed by atoms with van der Waals surface area (Å²) >= 11 is 1.10. The van der Waals surface area contributed by atoms with Gasteiger partial charge < -0.3 is 5.11 Å². The molecule has 0 bridgehead atoms. The van der Waals surface area contributed by atoms with E-state index in [1.807, 2.05) is 0 Å². The predicted molar refractivity (Wildman–Crippen MR) is 53.8 cm³/mol. The second kappa shape index (κ2) is 3.83. The highest BCUT2D eigenvalue weighted by atomic mass is 32.1. The van der Waals surface area contributed by atoms with Gasteiger partial charge in [-0.3, -0.25) is 4.79 Å². The smallest absolute Gasteiger partial charge is 0.363 e. The fourth-order valence-corrected chi connectivity index (χ4v) is 1.90. The molecule has 92 valence electrons. The van der Waals surface area contributed by atoms with Gasteiger partial charge in [0.25, 0.3) is 11.6 Å². The van der Waals surface area contributed by atoms with Gasteiger partial charge in [-0.25, -0.2) is 5.01 Å². The zero-order valence-electron chi connectivity index (χ0n) is 8.23. The SMILES string of the molecule is O=C(c1cccs1)N1C=CC(O)(C(F)(F)F)N1. The highest BCUT2D eigenvalue weighted by molar-refractivity contribution is 7.12. The molecule has 1 atom stereocenters. The van der Waals surface area contributed by atoms with Gasteiger partial charge in [0.15, 0.2) is 0 Å². The number of hydrogen-bond acceptors (Lipinski definition) is 4. The van der Waals surface area contributed by atoms with Crippen LogP contribution in [-0.2, 0) is 0 Å². The van der Waals surface area contributed by atoms with E-state index >= 15 is 0 Å². The van der Waals surface area contributed by atoms with Crippen LogP contribution in [0.4, 0.5) is 13.2 Å². The van der Waals surface area contributed by atoms with Crippen molar-refractivity contribution in [2.24, 2.45) is 0 Å². The maximum atomic E-state index is 12.4. The van der Waals surface area contributed by atoms with Gasteiger partial charge in [0, 0.05) is 6.20 Å². The molecule has 2 N–H and O–H groups in total. The van der Waals surface area contributed by atoms with Crippen LogP contribution in [0.5, 0.6) is 0 Å². The molecule has 0 spiro atoms. The first-order chi connectivity index (χ1) is 7.83. The Kier molecular flexibility index (Phi) is 2.72. The monoisotopic (exact) mass is 264 g/mol. The first-order valence-electron chi connectivity index (χ1n) is 4.47. The van der Waals surface area contributed by atoms with Crippen molar-refractivity contribution in [3.8, 4) is 0 Å². The number of nitrogens with one attached hydrogen (secondary N) is 1. The van der Waals surface area contributed by atoms with Crippen LogP contribution in [0.25, 0.3) is 0 Å². The summed E-state index contributed by atoms with van der Waals surface area (Å²) in [5, 5.41) is 11.5. The van der Waals surface area contributed by atoms with E-state index in [4.69, 9.17) is 0 Å². The van der Waals surface area contributed by atoms with Crippen molar-refractivity contribution in [1.82, 2.24) is 10.4 Å². The van der Waals surface area contributed by atoms with Crippen LogP contribution in [0.1, 0.15) is 9.67 Å². The van der Waals surface area contributed by atoms with Gasteiger partial charge in [-0.2, -0.15) is 18.6 Å². The molecule has 0 aliphatic carbocycles. The lowest BCUT2D eigenvalue weighted by molar-refractivity contribution is -0.256. The largest absolute Gasteiger partial charge is 0.436 e. The maximum absolute atomic E-state index is 12.4. The Balaban J connectivity index is 2.15. The predicted octanol–water partition coefficient (Wildman–Crippen LogP) is 1.47. The molecule has 2 heterocycles. The number of carbonyl (C=O) groups excluding carboxylic acids is 1. The Morgan fingerprint density at radius 2 is 2.24 bits per heavy atom. The van der Waals surface area contributed by atoms with E-state index in [2.05, 4.69) is 0 Å². The lowest BCUT2D eigenvalue weighted by atomic mass is 10.2. The van der Waals surface area contributed by atoms with Gasteiger partial charge in [-0.1, -0.05) is 6.07 Å². The van der Waals surface area contributed by atoms with E-state index < -0.39 is 17.8 Å². The van der Waals surface area contributed by atoms with Gasteiger partial charge in [0.05, 0.1) is 4.88 Å². The number of halogens is 3. The number of carbonyl (C=O) groups is 1. The zero-order chi connectivity index (χ0) is 12.7. The Morgan fingerprint density at radius 1 is 1.53 bits per heavy atom. The van der Waals surface area contributed by atoms with E-state index in [1.54, 1.807) is 16.9 Å². The first-order valence-corrected chi connectivity index (χ1v) is 5.35. The van der Waals surface area contributed by atoms with E-state index in [0.717, 1.165) is 17.5 Å². The standard InChI is InChI=1S/C9H7F3N2O2S/c10-9(11,12)8(16)3-4-14(13-8)7(15)6-2-1-5-17-6/h1-5,13,16H. The number of alkyl halides is 3. The summed E-state index contributed by atoms with van der Waals surface area (Å²) in [5.74, 6) is -0.656. The maximum Gasteiger partial charge on any atom is 0.436 e. The molecule has 1 aromatic heterocycles. The van der Waals surface area contributed by atoms with Crippen molar-refractivity contribution < 1.29 is 23.1 Å². The van der Waals surface area contributed by atoms with Crippen molar-refractivity contribution in [3.63, 3.8) is 0 Å². The molecule has 0 saturated heterocycles. The summed E-state index contributed by atoms with van der Waals surface area (Å²) in [6.07, 6.45) is -3.55. The Labute approximate surface area is 97.9 Å². The van der Waals surface area contributed by atoms with Gasteiger partial charge >= 0.3 is 6.18 Å². The van der Waals surface area contributed by atoms with Gasteiger partial charge in [-0.05, 0) is 17.5 Å². The number of rotatable bonds is 1. The summed E-state index contributed by atoms with van der Waals surface area (Å²) in [4.78, 5) is 11.9. The summed E-state index contributed by atoms with van der Waals surface area (Å²) < 4.78 is 37.3. The molecule has 1 aliphatic rings. The quantitative estimate of drug-likeness (QED) is 0.807. The summed E-state index contributed by atoms with van der Waals surface area (Å²) in [5.41, 5.74) is -1.49. The second-order valence-electron chi connectivity index (χ2n) is 3.34. The molecule has 0 saturated carbocycles. The molecule has 0 radical (unpaired) electrons. The van der Waals surface area contributed by atoms with Crippen LogP contribution in [0.3, 0.4) is 0 Å². The van der Waals surface area contributed by atoms with E-state index in [9.17, 15) is 23.1 Å². The fourth-order valence-electron chi connectivity index (χ4n) is 1.24. The normalized spacial score (nSPS) is 24.4.